The summed E-state index contributed by atoms with van der Waals surface area (Å²) in [6.07, 6.45) is 0. The third-order valence-electron chi connectivity index (χ3n) is 3.84. The lowest BCUT2D eigenvalue weighted by Gasteiger charge is -2.07. The van der Waals surface area contributed by atoms with Crippen molar-refractivity contribution in [3.8, 4) is 0 Å². The SMILES string of the molecule is Cc1ccc(NC(=O)Cn2nnc(C(=O)Nc3ccc(Br)cc3)c2N)cc1F. The molecule has 0 aliphatic rings. The van der Waals surface area contributed by atoms with E-state index in [4.69, 9.17) is 5.73 Å². The number of anilines is 3. The van der Waals surface area contributed by atoms with Crippen molar-refractivity contribution in [2.24, 2.45) is 0 Å². The highest BCUT2D eigenvalue weighted by Crippen LogP contribution is 2.17. The van der Waals surface area contributed by atoms with Gasteiger partial charge in [-0.1, -0.05) is 27.2 Å². The van der Waals surface area contributed by atoms with Gasteiger partial charge in [0.05, 0.1) is 0 Å². The minimum atomic E-state index is -0.549. The van der Waals surface area contributed by atoms with Gasteiger partial charge >= 0.3 is 0 Å². The number of benzene rings is 2. The summed E-state index contributed by atoms with van der Waals surface area (Å²) in [4.78, 5) is 24.5. The van der Waals surface area contributed by atoms with Gasteiger partial charge in [-0.2, -0.15) is 0 Å². The number of nitrogens with zero attached hydrogens (tertiary/aromatic N) is 3. The first-order chi connectivity index (χ1) is 13.3. The Morgan fingerprint density at radius 1 is 1.14 bits per heavy atom. The lowest BCUT2D eigenvalue weighted by atomic mass is 10.2. The molecule has 1 aromatic heterocycles. The summed E-state index contributed by atoms with van der Waals surface area (Å²) in [7, 11) is 0. The Kier molecular flexibility index (Phi) is 5.69. The maximum absolute atomic E-state index is 13.6. The van der Waals surface area contributed by atoms with Crippen molar-refractivity contribution in [3.05, 3.63) is 64.0 Å². The zero-order chi connectivity index (χ0) is 20.3. The lowest BCUT2D eigenvalue weighted by Crippen LogP contribution is -2.21. The number of hydrogen-bond acceptors (Lipinski definition) is 5. The second-order valence-electron chi connectivity index (χ2n) is 5.95. The quantitative estimate of drug-likeness (QED) is 0.557. The molecule has 0 aliphatic heterocycles. The molecule has 2 aromatic carbocycles. The molecule has 8 nitrogen and oxygen atoms in total. The zero-order valence-corrected chi connectivity index (χ0v) is 16.3. The van der Waals surface area contributed by atoms with Crippen LogP contribution in [-0.4, -0.2) is 26.8 Å². The fourth-order valence-electron chi connectivity index (χ4n) is 2.33. The van der Waals surface area contributed by atoms with Gasteiger partial charge in [-0.15, -0.1) is 5.10 Å². The maximum atomic E-state index is 13.6. The molecular formula is C18H16BrFN6O2. The number of halogens is 2. The van der Waals surface area contributed by atoms with E-state index in [1.165, 1.54) is 6.07 Å². The summed E-state index contributed by atoms with van der Waals surface area (Å²) in [5, 5.41) is 12.7. The molecule has 144 valence electrons. The average Bonchev–Trinajstić information content (AvgIpc) is 3.00. The van der Waals surface area contributed by atoms with Gasteiger partial charge in [0.15, 0.2) is 11.5 Å². The molecule has 0 saturated carbocycles. The Bertz CT molecular complexity index is 1040. The summed E-state index contributed by atoms with van der Waals surface area (Å²) < 4.78 is 15.5. The number of nitrogen functional groups attached to an aromatic ring is 1. The third-order valence-corrected chi connectivity index (χ3v) is 4.37. The second-order valence-corrected chi connectivity index (χ2v) is 6.87. The van der Waals surface area contributed by atoms with Crippen molar-refractivity contribution in [3.63, 3.8) is 0 Å². The molecule has 28 heavy (non-hydrogen) atoms. The van der Waals surface area contributed by atoms with Crippen LogP contribution in [0.3, 0.4) is 0 Å². The third kappa shape index (κ3) is 4.52. The van der Waals surface area contributed by atoms with Crippen LogP contribution < -0.4 is 16.4 Å². The number of amides is 2. The number of hydrogen-bond donors (Lipinski definition) is 3. The van der Waals surface area contributed by atoms with E-state index in [1.807, 2.05) is 0 Å². The van der Waals surface area contributed by atoms with Gasteiger partial charge in [-0.3, -0.25) is 9.59 Å². The monoisotopic (exact) mass is 446 g/mol. The number of carbonyl (C=O) groups is 2. The predicted molar refractivity (Wildman–Crippen MR) is 106 cm³/mol. The molecule has 0 bridgehead atoms. The summed E-state index contributed by atoms with van der Waals surface area (Å²) >= 11 is 3.31. The normalized spacial score (nSPS) is 10.5. The second kappa shape index (κ2) is 8.17. The molecule has 0 unspecified atom stereocenters. The number of carbonyl (C=O) groups excluding carboxylic acids is 2. The molecule has 1 heterocycles. The van der Waals surface area contributed by atoms with E-state index in [1.54, 1.807) is 43.3 Å². The molecule has 0 radical (unpaired) electrons. The standard InChI is InChI=1S/C18H16BrFN6O2/c1-10-2-5-13(8-14(10)20)22-15(27)9-26-17(21)16(24-25-26)18(28)23-12-6-3-11(19)4-7-12/h2-8H,9,21H2,1H3,(H,22,27)(H,23,28). The molecule has 0 aliphatic carbocycles. The molecule has 3 rings (SSSR count). The van der Waals surface area contributed by atoms with E-state index < -0.39 is 17.6 Å². The van der Waals surface area contributed by atoms with E-state index in [-0.39, 0.29) is 18.1 Å². The van der Waals surface area contributed by atoms with Gasteiger partial charge < -0.3 is 16.4 Å². The average molecular weight is 447 g/mol. The van der Waals surface area contributed by atoms with Gasteiger partial charge in [0.2, 0.25) is 5.91 Å². The molecule has 3 aromatic rings. The van der Waals surface area contributed by atoms with Crippen LogP contribution in [0.15, 0.2) is 46.9 Å². The Labute approximate surface area is 168 Å². The molecule has 10 heteroatoms. The largest absolute Gasteiger partial charge is 0.382 e. The summed E-state index contributed by atoms with van der Waals surface area (Å²) in [6, 6.07) is 11.3. The number of nitrogens with two attached hydrogens (primary N) is 1. The topological polar surface area (TPSA) is 115 Å². The number of aryl methyl sites for hydroxylation is 1. The highest BCUT2D eigenvalue weighted by atomic mass is 79.9. The fourth-order valence-corrected chi connectivity index (χ4v) is 2.59. The molecule has 0 saturated heterocycles. The Morgan fingerprint density at radius 3 is 2.50 bits per heavy atom. The van der Waals surface area contributed by atoms with Crippen molar-refractivity contribution in [1.82, 2.24) is 15.0 Å². The highest BCUT2D eigenvalue weighted by molar-refractivity contribution is 9.10. The molecule has 0 spiro atoms. The first-order valence-corrected chi connectivity index (χ1v) is 8.94. The maximum Gasteiger partial charge on any atom is 0.280 e. The smallest absolute Gasteiger partial charge is 0.280 e. The van der Waals surface area contributed by atoms with E-state index >= 15 is 0 Å². The number of nitrogens with one attached hydrogen (secondary N) is 2. The molecular weight excluding hydrogens is 431 g/mol. The van der Waals surface area contributed by atoms with Gasteiger partial charge in [0.25, 0.3) is 5.91 Å². The minimum Gasteiger partial charge on any atom is -0.382 e. The van der Waals surface area contributed by atoms with Crippen molar-refractivity contribution in [2.45, 2.75) is 13.5 Å². The van der Waals surface area contributed by atoms with E-state index in [0.29, 0.717) is 16.9 Å². The van der Waals surface area contributed by atoms with Crippen molar-refractivity contribution in [2.75, 3.05) is 16.4 Å². The Balaban J connectivity index is 1.66. The fraction of sp³-hybridized carbons (Fsp3) is 0.111. The Morgan fingerprint density at radius 2 is 1.82 bits per heavy atom. The van der Waals surface area contributed by atoms with Gasteiger partial charge in [-0.05, 0) is 48.9 Å². The van der Waals surface area contributed by atoms with E-state index in [0.717, 1.165) is 9.15 Å². The van der Waals surface area contributed by atoms with Crippen LogP contribution in [0, 0.1) is 12.7 Å². The molecule has 2 amide bonds. The van der Waals surface area contributed by atoms with Crippen LogP contribution >= 0.6 is 15.9 Å². The van der Waals surface area contributed by atoms with Crippen molar-refractivity contribution >= 4 is 44.9 Å². The van der Waals surface area contributed by atoms with Crippen LogP contribution in [0.25, 0.3) is 0 Å². The number of rotatable bonds is 5. The lowest BCUT2D eigenvalue weighted by molar-refractivity contribution is -0.116. The molecule has 0 atom stereocenters. The van der Waals surface area contributed by atoms with Crippen LogP contribution in [0.4, 0.5) is 21.6 Å². The van der Waals surface area contributed by atoms with Gasteiger partial charge in [-0.25, -0.2) is 9.07 Å². The van der Waals surface area contributed by atoms with Crippen LogP contribution in [0.5, 0.6) is 0 Å². The van der Waals surface area contributed by atoms with Crippen molar-refractivity contribution in [1.29, 1.82) is 0 Å². The first-order valence-electron chi connectivity index (χ1n) is 8.15. The highest BCUT2D eigenvalue weighted by Gasteiger charge is 2.19. The first kappa shape index (κ1) is 19.5. The molecule has 4 N–H and O–H groups in total. The van der Waals surface area contributed by atoms with Crippen LogP contribution in [-0.2, 0) is 11.3 Å². The summed E-state index contributed by atoms with van der Waals surface area (Å²) in [5.41, 5.74) is 7.13. The Hall–Kier alpha value is -3.27. The van der Waals surface area contributed by atoms with Crippen LogP contribution in [0.1, 0.15) is 16.1 Å². The summed E-state index contributed by atoms with van der Waals surface area (Å²) in [6.45, 7) is 1.35. The summed E-state index contributed by atoms with van der Waals surface area (Å²) in [5.74, 6) is -1.52. The van der Waals surface area contributed by atoms with Gasteiger partial charge in [0.1, 0.15) is 12.4 Å². The van der Waals surface area contributed by atoms with Crippen LogP contribution in [0.2, 0.25) is 0 Å². The minimum absolute atomic E-state index is 0.0557. The van der Waals surface area contributed by atoms with Crippen molar-refractivity contribution < 1.29 is 14.0 Å². The molecule has 0 fully saturated rings. The number of aromatic nitrogens is 3. The van der Waals surface area contributed by atoms with E-state index in [2.05, 4.69) is 36.9 Å². The zero-order valence-electron chi connectivity index (χ0n) is 14.7. The van der Waals surface area contributed by atoms with Gasteiger partial charge in [0, 0.05) is 15.8 Å². The predicted octanol–water partition coefficient (Wildman–Crippen LogP) is 2.96. The van der Waals surface area contributed by atoms with E-state index in [9.17, 15) is 14.0 Å².